The molecule has 3 aliphatic rings. The Morgan fingerprint density at radius 2 is 1.77 bits per heavy atom. The first-order chi connectivity index (χ1) is 14.8. The van der Waals surface area contributed by atoms with Gasteiger partial charge in [-0.3, -0.25) is 14.4 Å². The third-order valence-corrected chi connectivity index (χ3v) is 8.55. The molecule has 0 radical (unpaired) electrons. The van der Waals surface area contributed by atoms with Gasteiger partial charge in [0, 0.05) is 45.1 Å². The van der Waals surface area contributed by atoms with Crippen LogP contribution in [0.15, 0.2) is 35.2 Å². The first-order valence-corrected chi connectivity index (χ1v) is 12.6. The topological polar surface area (TPSA) is 104 Å². The highest BCUT2D eigenvalue weighted by atomic mass is 32.2. The molecule has 0 saturated carbocycles. The van der Waals surface area contributed by atoms with E-state index in [0.717, 1.165) is 12.8 Å². The summed E-state index contributed by atoms with van der Waals surface area (Å²) < 4.78 is 25.1. The van der Waals surface area contributed by atoms with E-state index >= 15 is 0 Å². The van der Waals surface area contributed by atoms with E-state index in [-0.39, 0.29) is 53.8 Å². The fourth-order valence-corrected chi connectivity index (χ4v) is 6.31. The lowest BCUT2D eigenvalue weighted by atomic mass is 9.69. The van der Waals surface area contributed by atoms with Crippen LogP contribution in [0.3, 0.4) is 0 Å². The van der Waals surface area contributed by atoms with Crippen molar-refractivity contribution in [2.24, 2.45) is 5.41 Å². The monoisotopic (exact) mass is 447 g/mol. The average Bonchev–Trinajstić information content (AvgIpc) is 3.32. The number of carbonyl (C=O) groups excluding carboxylic acids is 3. The van der Waals surface area contributed by atoms with Crippen LogP contribution in [0.5, 0.6) is 0 Å². The number of amides is 3. The molecule has 0 aliphatic carbocycles. The zero-order chi connectivity index (χ0) is 22.1. The van der Waals surface area contributed by atoms with Gasteiger partial charge in [-0.25, -0.2) is 8.42 Å². The molecule has 8 nitrogen and oxygen atoms in total. The predicted molar refractivity (Wildman–Crippen MR) is 114 cm³/mol. The van der Waals surface area contributed by atoms with E-state index in [2.05, 4.69) is 5.32 Å². The summed E-state index contributed by atoms with van der Waals surface area (Å²) in [7, 11) is -3.55. The molecule has 0 unspecified atom stereocenters. The summed E-state index contributed by atoms with van der Waals surface area (Å²) in [5.41, 5.74) is -0.815. The second-order valence-electron chi connectivity index (χ2n) is 8.76. The van der Waals surface area contributed by atoms with Gasteiger partial charge in [0.15, 0.2) is 9.84 Å². The minimum atomic E-state index is -3.55. The highest BCUT2D eigenvalue weighted by Gasteiger charge is 2.54. The van der Waals surface area contributed by atoms with Crippen LogP contribution in [0.2, 0.25) is 0 Å². The van der Waals surface area contributed by atoms with Crippen molar-refractivity contribution in [1.29, 1.82) is 0 Å². The molecule has 168 valence electrons. The number of fused-ring (bicyclic) bond motifs is 1. The van der Waals surface area contributed by atoms with Crippen LogP contribution in [0.1, 0.15) is 38.5 Å². The van der Waals surface area contributed by atoms with E-state index in [9.17, 15) is 22.8 Å². The molecule has 31 heavy (non-hydrogen) atoms. The Hall–Kier alpha value is -2.42. The van der Waals surface area contributed by atoms with Gasteiger partial charge in [-0.05, 0) is 37.8 Å². The van der Waals surface area contributed by atoms with Crippen LogP contribution in [0.25, 0.3) is 0 Å². The van der Waals surface area contributed by atoms with Crippen molar-refractivity contribution in [3.05, 3.63) is 30.3 Å². The minimum Gasteiger partial charge on any atom is -0.352 e. The summed E-state index contributed by atoms with van der Waals surface area (Å²) in [6, 6.07) is 7.84. The Morgan fingerprint density at radius 1 is 1.06 bits per heavy atom. The SMILES string of the molecule is O=C1CC[C@]2(C(=O)N3CCCC3)CN(C(=O)CCS(=O)(=O)c3ccccc3)CC[C@H]2N1. The van der Waals surface area contributed by atoms with Crippen molar-refractivity contribution < 1.29 is 22.8 Å². The molecule has 1 aromatic rings. The maximum absolute atomic E-state index is 13.5. The lowest BCUT2D eigenvalue weighted by molar-refractivity contribution is -0.155. The Labute approximate surface area is 182 Å². The summed E-state index contributed by atoms with van der Waals surface area (Å²) >= 11 is 0. The van der Waals surface area contributed by atoms with Gasteiger partial charge in [-0.15, -0.1) is 0 Å². The van der Waals surface area contributed by atoms with Gasteiger partial charge in [-0.2, -0.15) is 0 Å². The number of piperidine rings is 2. The number of carbonyl (C=O) groups is 3. The molecule has 0 bridgehead atoms. The van der Waals surface area contributed by atoms with Crippen molar-refractivity contribution in [2.75, 3.05) is 31.9 Å². The van der Waals surface area contributed by atoms with Crippen molar-refractivity contribution in [3.8, 4) is 0 Å². The summed E-state index contributed by atoms with van der Waals surface area (Å²) in [4.78, 5) is 42.1. The number of nitrogens with one attached hydrogen (secondary N) is 1. The van der Waals surface area contributed by atoms with Crippen LogP contribution in [0, 0.1) is 5.41 Å². The Kier molecular flexibility index (Phi) is 6.05. The molecular weight excluding hydrogens is 418 g/mol. The van der Waals surface area contributed by atoms with Gasteiger partial charge in [-0.1, -0.05) is 18.2 Å². The van der Waals surface area contributed by atoms with Gasteiger partial charge < -0.3 is 15.1 Å². The molecule has 0 aromatic heterocycles. The van der Waals surface area contributed by atoms with Gasteiger partial charge >= 0.3 is 0 Å². The van der Waals surface area contributed by atoms with Crippen molar-refractivity contribution in [1.82, 2.24) is 15.1 Å². The highest BCUT2D eigenvalue weighted by molar-refractivity contribution is 7.91. The summed E-state index contributed by atoms with van der Waals surface area (Å²) in [5.74, 6) is -0.559. The smallest absolute Gasteiger partial charge is 0.232 e. The number of hydrogen-bond donors (Lipinski definition) is 1. The third-order valence-electron chi connectivity index (χ3n) is 6.82. The molecule has 4 rings (SSSR count). The maximum atomic E-state index is 13.5. The Bertz CT molecular complexity index is 959. The minimum absolute atomic E-state index is 0.0180. The number of likely N-dealkylation sites (tertiary alicyclic amines) is 2. The van der Waals surface area contributed by atoms with Crippen molar-refractivity contribution >= 4 is 27.6 Å². The number of hydrogen-bond acceptors (Lipinski definition) is 5. The highest BCUT2D eigenvalue weighted by Crippen LogP contribution is 2.40. The second kappa shape index (κ2) is 8.61. The van der Waals surface area contributed by atoms with Gasteiger partial charge in [0.1, 0.15) is 0 Å². The van der Waals surface area contributed by atoms with Gasteiger partial charge in [0.05, 0.1) is 16.1 Å². The normalized spacial score (nSPS) is 26.3. The van der Waals surface area contributed by atoms with Crippen LogP contribution >= 0.6 is 0 Å². The van der Waals surface area contributed by atoms with Crippen molar-refractivity contribution in [2.45, 2.75) is 49.5 Å². The predicted octanol–water partition coefficient (Wildman–Crippen LogP) is 0.970. The standard InChI is InChI=1S/C22H29N3O5S/c26-19-8-11-22(21(28)24-12-4-5-13-24)16-25(14-9-18(22)23-19)20(27)10-15-31(29,30)17-6-2-1-3-7-17/h1-3,6-7,18H,4-5,8-16H2,(H,23,26)/t18-,22+/m1/s1. The van der Waals surface area contributed by atoms with Gasteiger partial charge in [0.25, 0.3) is 0 Å². The third kappa shape index (κ3) is 4.33. The van der Waals surface area contributed by atoms with E-state index in [0.29, 0.717) is 32.5 Å². The molecule has 3 saturated heterocycles. The molecule has 1 N–H and O–H groups in total. The molecule has 3 aliphatic heterocycles. The first kappa shape index (κ1) is 21.8. The molecule has 0 spiro atoms. The molecule has 1 aromatic carbocycles. The molecular formula is C22H29N3O5S. The van der Waals surface area contributed by atoms with E-state index in [1.54, 1.807) is 23.1 Å². The van der Waals surface area contributed by atoms with Crippen molar-refractivity contribution in [3.63, 3.8) is 0 Å². The molecule has 9 heteroatoms. The van der Waals surface area contributed by atoms with Gasteiger partial charge in [0.2, 0.25) is 17.7 Å². The van der Waals surface area contributed by atoms with E-state index in [4.69, 9.17) is 0 Å². The molecule has 3 fully saturated rings. The maximum Gasteiger partial charge on any atom is 0.232 e. The fourth-order valence-electron chi connectivity index (χ4n) is 5.05. The summed E-state index contributed by atoms with van der Waals surface area (Å²) in [5, 5.41) is 2.98. The van der Waals surface area contributed by atoms with Crippen LogP contribution in [0.4, 0.5) is 0 Å². The zero-order valence-electron chi connectivity index (χ0n) is 17.6. The van der Waals surface area contributed by atoms with E-state index in [1.165, 1.54) is 12.1 Å². The Morgan fingerprint density at radius 3 is 2.48 bits per heavy atom. The number of benzene rings is 1. The van der Waals surface area contributed by atoms with Crippen LogP contribution in [-0.2, 0) is 24.2 Å². The number of rotatable bonds is 5. The van der Waals surface area contributed by atoms with Crippen LogP contribution < -0.4 is 5.32 Å². The first-order valence-electron chi connectivity index (χ1n) is 11.0. The molecule has 3 heterocycles. The average molecular weight is 448 g/mol. The lowest BCUT2D eigenvalue weighted by Crippen LogP contribution is -2.67. The van der Waals surface area contributed by atoms with E-state index in [1.807, 2.05) is 4.90 Å². The molecule has 2 atom stereocenters. The quantitative estimate of drug-likeness (QED) is 0.724. The number of nitrogens with zero attached hydrogens (tertiary/aromatic N) is 2. The number of sulfone groups is 1. The lowest BCUT2D eigenvalue weighted by Gasteiger charge is -2.50. The molecule has 3 amide bonds. The van der Waals surface area contributed by atoms with Crippen LogP contribution in [-0.4, -0.2) is 73.9 Å². The second-order valence-corrected chi connectivity index (χ2v) is 10.9. The fraction of sp³-hybridized carbons (Fsp3) is 0.591. The summed E-state index contributed by atoms with van der Waals surface area (Å²) in [6.45, 7) is 2.07. The summed E-state index contributed by atoms with van der Waals surface area (Å²) in [6.07, 6.45) is 3.01. The Balaban J connectivity index is 1.47. The largest absolute Gasteiger partial charge is 0.352 e. The zero-order valence-corrected chi connectivity index (χ0v) is 18.4. The van der Waals surface area contributed by atoms with E-state index < -0.39 is 15.3 Å².